The van der Waals surface area contributed by atoms with Crippen molar-refractivity contribution in [1.82, 2.24) is 5.32 Å². The number of rotatable bonds is 7. The van der Waals surface area contributed by atoms with E-state index in [0.29, 0.717) is 17.9 Å². The van der Waals surface area contributed by atoms with Crippen LogP contribution < -0.4 is 5.32 Å². The van der Waals surface area contributed by atoms with Crippen molar-refractivity contribution in [3.05, 3.63) is 35.4 Å². The Morgan fingerprint density at radius 2 is 1.90 bits per heavy atom. The zero-order valence-corrected chi connectivity index (χ0v) is 12.7. The Bertz CT molecular complexity index is 509. The van der Waals surface area contributed by atoms with Gasteiger partial charge in [0.25, 0.3) is 0 Å². The maximum absolute atomic E-state index is 11.9. The molecule has 0 aromatic heterocycles. The summed E-state index contributed by atoms with van der Waals surface area (Å²) in [7, 11) is 0. The fraction of sp³-hybridized carbons (Fsp3) is 0.500. The highest BCUT2D eigenvalue weighted by Crippen LogP contribution is 2.15. The molecule has 1 aromatic carbocycles. The molecule has 1 rings (SSSR count). The smallest absolute Gasteiger partial charge is 0.335 e. The Morgan fingerprint density at radius 1 is 1.29 bits per heavy atom. The molecule has 1 atom stereocenters. The highest BCUT2D eigenvalue weighted by molar-refractivity contribution is 5.91. The number of aliphatic hydroxyl groups is 1. The number of aromatic carboxylic acids is 1. The summed E-state index contributed by atoms with van der Waals surface area (Å²) in [5, 5.41) is 21.9. The van der Waals surface area contributed by atoms with Crippen LogP contribution >= 0.6 is 0 Å². The van der Waals surface area contributed by atoms with Gasteiger partial charge in [-0.2, -0.15) is 0 Å². The Balaban J connectivity index is 2.61. The van der Waals surface area contributed by atoms with Crippen LogP contribution in [-0.2, 0) is 11.2 Å². The minimum atomic E-state index is -1.05. The monoisotopic (exact) mass is 293 g/mol. The van der Waals surface area contributed by atoms with Crippen LogP contribution in [0.5, 0.6) is 0 Å². The summed E-state index contributed by atoms with van der Waals surface area (Å²) >= 11 is 0. The number of hydrogen-bond acceptors (Lipinski definition) is 3. The molecule has 116 valence electrons. The van der Waals surface area contributed by atoms with Gasteiger partial charge in [-0.1, -0.05) is 32.0 Å². The fourth-order valence-electron chi connectivity index (χ4n) is 2.36. The molecule has 1 unspecified atom stereocenters. The molecule has 5 heteroatoms. The quantitative estimate of drug-likeness (QED) is 0.716. The molecule has 0 radical (unpaired) electrons. The van der Waals surface area contributed by atoms with Crippen molar-refractivity contribution in [2.24, 2.45) is 5.92 Å². The molecule has 21 heavy (non-hydrogen) atoms. The first-order valence-electron chi connectivity index (χ1n) is 7.01. The van der Waals surface area contributed by atoms with E-state index in [0.717, 1.165) is 0 Å². The zero-order chi connectivity index (χ0) is 16.0. The van der Waals surface area contributed by atoms with Crippen LogP contribution in [0.25, 0.3) is 0 Å². The van der Waals surface area contributed by atoms with Crippen LogP contribution in [0.3, 0.4) is 0 Å². The second-order valence-electron chi connectivity index (χ2n) is 6.01. The van der Waals surface area contributed by atoms with Gasteiger partial charge in [0.2, 0.25) is 5.91 Å². The third kappa shape index (κ3) is 5.95. The normalized spacial score (nSPS) is 13.8. The topological polar surface area (TPSA) is 86.6 Å². The second-order valence-corrected chi connectivity index (χ2v) is 6.01. The molecule has 1 aromatic rings. The summed E-state index contributed by atoms with van der Waals surface area (Å²) in [5.41, 5.74) is -0.372. The standard InChI is InChI=1S/C16H23NO4/c1-11(2)9-16(3,21)10-17-14(18)8-12-6-4-5-7-13(12)15(19)20/h4-7,11,21H,8-10H2,1-3H3,(H,17,18)(H,19,20). The van der Waals surface area contributed by atoms with Gasteiger partial charge in [-0.15, -0.1) is 0 Å². The first kappa shape index (κ1) is 17.2. The lowest BCUT2D eigenvalue weighted by Gasteiger charge is -2.25. The lowest BCUT2D eigenvalue weighted by Crippen LogP contribution is -2.42. The molecule has 0 saturated heterocycles. The van der Waals surface area contributed by atoms with Crippen molar-refractivity contribution in [2.45, 2.75) is 39.2 Å². The summed E-state index contributed by atoms with van der Waals surface area (Å²) in [6.45, 7) is 5.83. The molecule has 0 saturated carbocycles. The second kappa shape index (κ2) is 7.22. The fourth-order valence-corrected chi connectivity index (χ4v) is 2.36. The third-order valence-electron chi connectivity index (χ3n) is 3.11. The van der Waals surface area contributed by atoms with Gasteiger partial charge in [0.05, 0.1) is 17.6 Å². The van der Waals surface area contributed by atoms with Gasteiger partial charge in [-0.05, 0) is 30.9 Å². The van der Waals surface area contributed by atoms with E-state index in [1.165, 1.54) is 6.07 Å². The minimum absolute atomic E-state index is 0.0137. The summed E-state index contributed by atoms with van der Waals surface area (Å²) in [6.07, 6.45) is 0.569. The molecule has 0 aliphatic carbocycles. The largest absolute Gasteiger partial charge is 0.478 e. The van der Waals surface area contributed by atoms with Gasteiger partial charge >= 0.3 is 5.97 Å². The van der Waals surface area contributed by atoms with E-state index in [2.05, 4.69) is 5.32 Å². The van der Waals surface area contributed by atoms with Crippen LogP contribution in [0.2, 0.25) is 0 Å². The van der Waals surface area contributed by atoms with Gasteiger partial charge in [0.1, 0.15) is 0 Å². The highest BCUT2D eigenvalue weighted by Gasteiger charge is 2.22. The predicted molar refractivity (Wildman–Crippen MR) is 80.2 cm³/mol. The Morgan fingerprint density at radius 3 is 2.48 bits per heavy atom. The van der Waals surface area contributed by atoms with Crippen LogP contribution in [0.1, 0.15) is 43.1 Å². The van der Waals surface area contributed by atoms with Crippen molar-refractivity contribution in [1.29, 1.82) is 0 Å². The molecule has 0 bridgehead atoms. The minimum Gasteiger partial charge on any atom is -0.478 e. The summed E-state index contributed by atoms with van der Waals surface area (Å²) in [5.74, 6) is -1.03. The first-order valence-corrected chi connectivity index (χ1v) is 7.01. The molecule has 0 heterocycles. The number of hydrogen-bond donors (Lipinski definition) is 3. The number of carboxylic acid groups (broad SMARTS) is 1. The SMILES string of the molecule is CC(C)CC(C)(O)CNC(=O)Cc1ccccc1C(=O)O. The zero-order valence-electron chi connectivity index (χ0n) is 12.7. The average molecular weight is 293 g/mol. The Hall–Kier alpha value is -1.88. The maximum atomic E-state index is 11.9. The van der Waals surface area contributed by atoms with Crippen molar-refractivity contribution in [2.75, 3.05) is 6.54 Å². The molecule has 0 spiro atoms. The van der Waals surface area contributed by atoms with Crippen molar-refractivity contribution in [3.8, 4) is 0 Å². The van der Waals surface area contributed by atoms with Gasteiger partial charge in [0, 0.05) is 6.54 Å². The van der Waals surface area contributed by atoms with E-state index in [4.69, 9.17) is 5.11 Å². The molecule has 3 N–H and O–H groups in total. The van der Waals surface area contributed by atoms with E-state index in [1.54, 1.807) is 25.1 Å². The van der Waals surface area contributed by atoms with Gasteiger partial charge in [-0.3, -0.25) is 4.79 Å². The number of carbonyl (C=O) groups is 2. The van der Waals surface area contributed by atoms with Crippen LogP contribution in [0.15, 0.2) is 24.3 Å². The van der Waals surface area contributed by atoms with Crippen molar-refractivity contribution < 1.29 is 19.8 Å². The van der Waals surface area contributed by atoms with E-state index >= 15 is 0 Å². The number of carboxylic acids is 1. The third-order valence-corrected chi connectivity index (χ3v) is 3.11. The van der Waals surface area contributed by atoms with E-state index in [1.807, 2.05) is 13.8 Å². The molecule has 0 aliphatic rings. The van der Waals surface area contributed by atoms with Gasteiger partial charge < -0.3 is 15.5 Å². The Kier molecular flexibility index (Phi) is 5.90. The van der Waals surface area contributed by atoms with E-state index in [-0.39, 0.29) is 24.4 Å². The van der Waals surface area contributed by atoms with Gasteiger partial charge in [-0.25, -0.2) is 4.79 Å². The summed E-state index contributed by atoms with van der Waals surface area (Å²) in [4.78, 5) is 23.0. The van der Waals surface area contributed by atoms with Gasteiger partial charge in [0.15, 0.2) is 0 Å². The van der Waals surface area contributed by atoms with Crippen molar-refractivity contribution in [3.63, 3.8) is 0 Å². The molecule has 0 fully saturated rings. The van der Waals surface area contributed by atoms with Crippen molar-refractivity contribution >= 4 is 11.9 Å². The molecular weight excluding hydrogens is 270 g/mol. The lowest BCUT2D eigenvalue weighted by molar-refractivity contribution is -0.121. The highest BCUT2D eigenvalue weighted by atomic mass is 16.4. The average Bonchev–Trinajstić information content (AvgIpc) is 2.35. The van der Waals surface area contributed by atoms with Crippen LogP contribution in [0, 0.1) is 5.92 Å². The number of carbonyl (C=O) groups excluding carboxylic acids is 1. The number of benzene rings is 1. The molecular formula is C16H23NO4. The van der Waals surface area contributed by atoms with E-state index < -0.39 is 11.6 Å². The Labute approximate surface area is 125 Å². The molecule has 5 nitrogen and oxygen atoms in total. The lowest BCUT2D eigenvalue weighted by atomic mass is 9.94. The molecule has 1 amide bonds. The first-order chi connectivity index (χ1) is 9.71. The predicted octanol–water partition coefficient (Wildman–Crippen LogP) is 1.84. The number of amides is 1. The van der Waals surface area contributed by atoms with Crippen LogP contribution in [0.4, 0.5) is 0 Å². The summed E-state index contributed by atoms with van der Waals surface area (Å²) in [6, 6.07) is 6.41. The van der Waals surface area contributed by atoms with E-state index in [9.17, 15) is 14.7 Å². The maximum Gasteiger partial charge on any atom is 0.335 e. The molecule has 0 aliphatic heterocycles. The number of nitrogens with one attached hydrogen (secondary N) is 1. The summed E-state index contributed by atoms with van der Waals surface area (Å²) < 4.78 is 0. The van der Waals surface area contributed by atoms with Crippen LogP contribution in [-0.4, -0.2) is 34.2 Å².